The molecule has 82 valence electrons. The molecule has 0 aromatic carbocycles. The zero-order chi connectivity index (χ0) is 11.0. The summed E-state index contributed by atoms with van der Waals surface area (Å²) in [6, 6.07) is 4.00. The molecule has 0 saturated heterocycles. The molecule has 0 aliphatic carbocycles. The van der Waals surface area contributed by atoms with Gasteiger partial charge in [0.2, 0.25) is 0 Å². The number of aryl methyl sites for hydroxylation is 2. The van der Waals surface area contributed by atoms with E-state index < -0.39 is 0 Å². The van der Waals surface area contributed by atoms with Crippen LogP contribution >= 0.6 is 15.9 Å². The Morgan fingerprint density at radius 1 is 1.25 bits per heavy atom. The molecule has 0 saturated carbocycles. The van der Waals surface area contributed by atoms with E-state index in [2.05, 4.69) is 36.7 Å². The van der Waals surface area contributed by atoms with Crippen LogP contribution in [-0.2, 0) is 13.0 Å². The topological polar surface area (TPSA) is 30.7 Å². The van der Waals surface area contributed by atoms with E-state index in [1.54, 1.807) is 0 Å². The summed E-state index contributed by atoms with van der Waals surface area (Å²) in [6.07, 6.45) is 7.62. The van der Waals surface area contributed by atoms with Crippen LogP contribution in [0.4, 0.5) is 0 Å². The molecule has 16 heavy (non-hydrogen) atoms. The molecule has 4 heteroatoms. The number of hydrogen-bond donors (Lipinski definition) is 0. The third-order valence-corrected chi connectivity index (χ3v) is 3.40. The summed E-state index contributed by atoms with van der Waals surface area (Å²) in [5.41, 5.74) is 2.13. The Balaban J connectivity index is 2.00. The number of pyridine rings is 1. The maximum absolute atomic E-state index is 4.66. The normalized spacial score (nSPS) is 14.8. The van der Waals surface area contributed by atoms with E-state index in [4.69, 9.17) is 0 Å². The van der Waals surface area contributed by atoms with Crippen molar-refractivity contribution >= 4 is 15.9 Å². The fraction of sp³-hybridized carbons (Fsp3) is 0.333. The summed E-state index contributed by atoms with van der Waals surface area (Å²) in [5.74, 6) is 1.21. The van der Waals surface area contributed by atoms with Crippen LogP contribution in [0.3, 0.4) is 0 Å². The summed E-state index contributed by atoms with van der Waals surface area (Å²) < 4.78 is 3.13. The molecule has 0 radical (unpaired) electrons. The molecule has 0 spiro atoms. The first-order valence-electron chi connectivity index (χ1n) is 5.51. The van der Waals surface area contributed by atoms with Crippen LogP contribution in [0.2, 0.25) is 0 Å². The number of aromatic nitrogens is 3. The highest BCUT2D eigenvalue weighted by atomic mass is 79.9. The predicted molar refractivity (Wildman–Crippen MR) is 66.1 cm³/mol. The Morgan fingerprint density at radius 2 is 2.19 bits per heavy atom. The lowest BCUT2D eigenvalue weighted by molar-refractivity contribution is 0.522. The van der Waals surface area contributed by atoms with Gasteiger partial charge >= 0.3 is 0 Å². The van der Waals surface area contributed by atoms with Gasteiger partial charge in [0.25, 0.3) is 0 Å². The van der Waals surface area contributed by atoms with Crippen molar-refractivity contribution in [3.63, 3.8) is 0 Å². The highest BCUT2D eigenvalue weighted by molar-refractivity contribution is 9.10. The number of halogens is 1. The van der Waals surface area contributed by atoms with Crippen molar-refractivity contribution in [2.75, 3.05) is 0 Å². The Bertz CT molecular complexity index is 478. The van der Waals surface area contributed by atoms with Crippen LogP contribution in [0.15, 0.2) is 29.1 Å². The first-order chi connectivity index (χ1) is 7.83. The Labute approximate surface area is 103 Å². The lowest BCUT2D eigenvalue weighted by Crippen LogP contribution is -2.08. The minimum absolute atomic E-state index is 0.861. The van der Waals surface area contributed by atoms with Crippen LogP contribution in [0.1, 0.15) is 18.7 Å². The number of fused-ring (bicyclic) bond motifs is 1. The van der Waals surface area contributed by atoms with E-state index in [9.17, 15) is 0 Å². The monoisotopic (exact) mass is 277 g/mol. The van der Waals surface area contributed by atoms with Crippen LogP contribution in [0.25, 0.3) is 11.3 Å². The van der Waals surface area contributed by atoms with Crippen molar-refractivity contribution in [1.82, 2.24) is 14.5 Å². The molecule has 0 N–H and O–H groups in total. The highest BCUT2D eigenvalue weighted by Gasteiger charge is 2.12. The fourth-order valence-electron chi connectivity index (χ4n) is 2.08. The van der Waals surface area contributed by atoms with Crippen molar-refractivity contribution in [1.29, 1.82) is 0 Å². The van der Waals surface area contributed by atoms with Crippen LogP contribution in [-0.4, -0.2) is 14.5 Å². The third kappa shape index (κ3) is 1.78. The first-order valence-corrected chi connectivity index (χ1v) is 6.30. The molecular weight excluding hydrogens is 266 g/mol. The van der Waals surface area contributed by atoms with Gasteiger partial charge in [-0.3, -0.25) is 0 Å². The molecule has 3 nitrogen and oxygen atoms in total. The van der Waals surface area contributed by atoms with Crippen molar-refractivity contribution in [2.24, 2.45) is 0 Å². The predicted octanol–water partition coefficient (Wildman–Crippen LogP) is 3.04. The summed E-state index contributed by atoms with van der Waals surface area (Å²) in [6.45, 7) is 1.10. The molecule has 0 atom stereocenters. The molecule has 3 rings (SSSR count). The number of imidazole rings is 1. The molecule has 0 bridgehead atoms. The third-order valence-electron chi connectivity index (χ3n) is 2.93. The molecule has 3 heterocycles. The van der Waals surface area contributed by atoms with Gasteiger partial charge in [0, 0.05) is 30.9 Å². The van der Waals surface area contributed by atoms with Crippen LogP contribution in [0.5, 0.6) is 0 Å². The van der Waals surface area contributed by atoms with Crippen LogP contribution < -0.4 is 0 Å². The van der Waals surface area contributed by atoms with Gasteiger partial charge in [-0.1, -0.05) is 0 Å². The standard InChI is InChI=1S/C12H12BrN3/c13-11-5-4-9(7-14-11)10-8-16-6-2-1-3-12(16)15-10/h4-5,7-8H,1-3,6H2. The molecular formula is C12H12BrN3. The second kappa shape index (κ2) is 4.01. The quantitative estimate of drug-likeness (QED) is 0.751. The zero-order valence-electron chi connectivity index (χ0n) is 8.86. The number of nitrogens with zero attached hydrogens (tertiary/aromatic N) is 3. The average Bonchev–Trinajstić information content (AvgIpc) is 2.73. The molecule has 1 aliphatic rings. The second-order valence-electron chi connectivity index (χ2n) is 4.06. The summed E-state index contributed by atoms with van der Waals surface area (Å²) in [7, 11) is 0. The molecule has 0 unspecified atom stereocenters. The van der Waals surface area contributed by atoms with Crippen molar-refractivity contribution in [2.45, 2.75) is 25.8 Å². The lowest BCUT2D eigenvalue weighted by Gasteiger charge is -2.11. The molecule has 0 fully saturated rings. The van der Waals surface area contributed by atoms with Crippen LogP contribution in [0, 0.1) is 0 Å². The van der Waals surface area contributed by atoms with Gasteiger partial charge in [-0.2, -0.15) is 0 Å². The largest absolute Gasteiger partial charge is 0.334 e. The van der Waals surface area contributed by atoms with E-state index in [1.165, 1.54) is 18.7 Å². The van der Waals surface area contributed by atoms with Gasteiger partial charge in [-0.25, -0.2) is 9.97 Å². The van der Waals surface area contributed by atoms with Gasteiger partial charge in [-0.15, -0.1) is 0 Å². The van der Waals surface area contributed by atoms with Gasteiger partial charge < -0.3 is 4.57 Å². The van der Waals surface area contributed by atoms with Crippen molar-refractivity contribution in [3.05, 3.63) is 35.0 Å². The Morgan fingerprint density at radius 3 is 2.94 bits per heavy atom. The van der Waals surface area contributed by atoms with E-state index in [-0.39, 0.29) is 0 Å². The van der Waals surface area contributed by atoms with Crippen molar-refractivity contribution in [3.8, 4) is 11.3 Å². The number of rotatable bonds is 1. The minimum Gasteiger partial charge on any atom is -0.334 e. The molecule has 2 aromatic rings. The average molecular weight is 278 g/mol. The van der Waals surface area contributed by atoms with E-state index in [1.807, 2.05) is 18.3 Å². The van der Waals surface area contributed by atoms with Crippen molar-refractivity contribution < 1.29 is 0 Å². The highest BCUT2D eigenvalue weighted by Crippen LogP contribution is 2.22. The summed E-state index contributed by atoms with van der Waals surface area (Å²) >= 11 is 3.34. The molecule has 2 aromatic heterocycles. The first kappa shape index (κ1) is 10.0. The maximum Gasteiger partial charge on any atom is 0.109 e. The van der Waals surface area contributed by atoms with E-state index in [0.717, 1.165) is 28.8 Å². The van der Waals surface area contributed by atoms with E-state index >= 15 is 0 Å². The molecule has 0 amide bonds. The SMILES string of the molecule is Brc1ccc(-c2cn3c(n2)CCCC3)cn1. The van der Waals surface area contributed by atoms with Gasteiger partial charge in [-0.05, 0) is 40.9 Å². The summed E-state index contributed by atoms with van der Waals surface area (Å²) in [4.78, 5) is 8.89. The maximum atomic E-state index is 4.66. The van der Waals surface area contributed by atoms with Gasteiger partial charge in [0.1, 0.15) is 10.4 Å². The lowest BCUT2D eigenvalue weighted by atomic mass is 10.2. The van der Waals surface area contributed by atoms with E-state index in [0.29, 0.717) is 0 Å². The summed E-state index contributed by atoms with van der Waals surface area (Å²) in [5, 5.41) is 0. The smallest absolute Gasteiger partial charge is 0.109 e. The number of hydrogen-bond acceptors (Lipinski definition) is 2. The molecule has 1 aliphatic heterocycles. The minimum atomic E-state index is 0.861. The zero-order valence-corrected chi connectivity index (χ0v) is 10.4. The van der Waals surface area contributed by atoms with Gasteiger partial charge in [0.15, 0.2) is 0 Å². The Kier molecular flexibility index (Phi) is 2.52. The van der Waals surface area contributed by atoms with Gasteiger partial charge in [0.05, 0.1) is 5.69 Å². The Hall–Kier alpha value is -1.16. The fourth-order valence-corrected chi connectivity index (χ4v) is 2.31. The second-order valence-corrected chi connectivity index (χ2v) is 4.87.